The molecule has 12 atom stereocenters. The lowest BCUT2D eigenvalue weighted by atomic mass is 9.42. The average molecular weight is 462 g/mol. The van der Waals surface area contributed by atoms with Crippen molar-refractivity contribution in [2.45, 2.75) is 75.1 Å². The second kappa shape index (κ2) is 6.19. The molecule has 7 fully saturated rings. The molecule has 1 amide bonds. The molecule has 182 valence electrons. The third-order valence-electron chi connectivity index (χ3n) is 11.5. The van der Waals surface area contributed by atoms with Crippen LogP contribution >= 0.6 is 0 Å². The van der Waals surface area contributed by atoms with Crippen LogP contribution in [0.15, 0.2) is 0 Å². The summed E-state index contributed by atoms with van der Waals surface area (Å²) in [5.41, 5.74) is -3.30. The number of rotatable bonds is 4. The molecule has 7 aliphatic rings. The molecule has 2 heterocycles. The Morgan fingerprint density at radius 2 is 1.91 bits per heavy atom. The Morgan fingerprint density at radius 3 is 2.58 bits per heavy atom. The maximum atomic E-state index is 14.8. The monoisotopic (exact) mass is 461 g/mol. The molecule has 0 aromatic carbocycles. The number of amides is 1. The number of fused-ring (bicyclic) bond motifs is 1. The van der Waals surface area contributed by atoms with Crippen LogP contribution in [-0.2, 0) is 33.3 Å². The van der Waals surface area contributed by atoms with E-state index in [0.29, 0.717) is 19.4 Å². The number of likely N-dealkylation sites (N-methyl/N-ethyl adjacent to an activating group) is 1. The maximum absolute atomic E-state index is 14.8. The van der Waals surface area contributed by atoms with Gasteiger partial charge in [-0.3, -0.25) is 9.59 Å². The fraction of sp³-hybridized carbons (Fsp3) is 0.920. The lowest BCUT2D eigenvalue weighted by Gasteiger charge is -2.68. The quantitative estimate of drug-likeness (QED) is 0.626. The van der Waals surface area contributed by atoms with Gasteiger partial charge in [-0.25, -0.2) is 0 Å². The average Bonchev–Trinajstić information content (AvgIpc) is 3.40. The zero-order valence-electron chi connectivity index (χ0n) is 20.2. The van der Waals surface area contributed by atoms with Gasteiger partial charge < -0.3 is 28.6 Å². The van der Waals surface area contributed by atoms with E-state index >= 15 is 0 Å². The molecular weight excluding hydrogens is 426 g/mol. The SMILES string of the molecule is CCN1C(=O)[C@]2(C)CC[C@H](OC)[C@@]34[C@@H]5C[C@H]6[C@H](OC)[C@@H]5[C@@]5(C[C@@H]6OC)OCO[C@@]5(C(=O)[C@@H]32)[C@@H]14. The van der Waals surface area contributed by atoms with E-state index in [-0.39, 0.29) is 60.6 Å². The Labute approximate surface area is 194 Å². The maximum Gasteiger partial charge on any atom is 0.229 e. The van der Waals surface area contributed by atoms with Gasteiger partial charge in [-0.05, 0) is 32.1 Å². The molecule has 33 heavy (non-hydrogen) atoms. The number of hydrogen-bond acceptors (Lipinski definition) is 7. The molecule has 0 aromatic heterocycles. The fourth-order valence-electron chi connectivity index (χ4n) is 10.9. The molecular formula is C25H35NO7. The number of ketones is 1. The molecule has 0 N–H and O–H groups in total. The Kier molecular flexibility index (Phi) is 3.98. The minimum Gasteiger partial charge on any atom is -0.381 e. The van der Waals surface area contributed by atoms with Crippen molar-refractivity contribution >= 4 is 11.7 Å². The first-order chi connectivity index (χ1) is 15.8. The van der Waals surface area contributed by atoms with Gasteiger partial charge in [0.25, 0.3) is 0 Å². The van der Waals surface area contributed by atoms with Crippen LogP contribution in [0.3, 0.4) is 0 Å². The molecule has 8 nitrogen and oxygen atoms in total. The number of Topliss-reactive ketones (excluding diaryl/α,β-unsaturated/α-hetero) is 1. The van der Waals surface area contributed by atoms with Crippen LogP contribution in [0, 0.1) is 34.5 Å². The number of piperidine rings is 1. The topological polar surface area (TPSA) is 83.5 Å². The van der Waals surface area contributed by atoms with Crippen molar-refractivity contribution in [3.63, 3.8) is 0 Å². The second-order valence-electron chi connectivity index (χ2n) is 11.7. The molecule has 3 spiro atoms. The highest BCUT2D eigenvalue weighted by Crippen LogP contribution is 2.81. The summed E-state index contributed by atoms with van der Waals surface area (Å²) in [4.78, 5) is 30.8. The van der Waals surface area contributed by atoms with Gasteiger partial charge in [-0.15, -0.1) is 0 Å². The Bertz CT molecular complexity index is 942. The van der Waals surface area contributed by atoms with Crippen molar-refractivity contribution in [3.05, 3.63) is 0 Å². The van der Waals surface area contributed by atoms with Crippen LogP contribution in [0.1, 0.15) is 39.5 Å². The predicted molar refractivity (Wildman–Crippen MR) is 114 cm³/mol. The highest BCUT2D eigenvalue weighted by atomic mass is 16.7. The minimum absolute atomic E-state index is 0.0125. The zero-order chi connectivity index (χ0) is 23.1. The molecule has 0 aromatic rings. The normalized spacial score (nSPS) is 59.8. The van der Waals surface area contributed by atoms with Gasteiger partial charge in [0.05, 0.1) is 29.8 Å². The Balaban J connectivity index is 1.59. The van der Waals surface area contributed by atoms with Gasteiger partial charge >= 0.3 is 0 Å². The van der Waals surface area contributed by atoms with Gasteiger partial charge in [-0.2, -0.15) is 0 Å². The lowest BCUT2D eigenvalue weighted by Crippen LogP contribution is -2.81. The largest absolute Gasteiger partial charge is 0.381 e. The fourth-order valence-corrected chi connectivity index (χ4v) is 10.9. The lowest BCUT2D eigenvalue weighted by molar-refractivity contribution is -0.274. The molecule has 0 unspecified atom stereocenters. The third kappa shape index (κ3) is 1.77. The summed E-state index contributed by atoms with van der Waals surface area (Å²) in [5.74, 6) is 0.113. The van der Waals surface area contributed by atoms with Crippen molar-refractivity contribution < 1.29 is 33.3 Å². The Hall–Kier alpha value is -1.06. The van der Waals surface area contributed by atoms with E-state index in [9.17, 15) is 9.59 Å². The number of carbonyl (C=O) groups excluding carboxylic acids is 2. The predicted octanol–water partition coefficient (Wildman–Crippen LogP) is 1.40. The van der Waals surface area contributed by atoms with E-state index in [0.717, 1.165) is 12.8 Å². The smallest absolute Gasteiger partial charge is 0.229 e. The number of likely N-dealkylation sites (tertiary alicyclic amines) is 1. The van der Waals surface area contributed by atoms with Crippen molar-refractivity contribution in [3.8, 4) is 0 Å². The number of ether oxygens (including phenoxy) is 5. The summed E-state index contributed by atoms with van der Waals surface area (Å²) in [6.07, 6.45) is 2.65. The summed E-state index contributed by atoms with van der Waals surface area (Å²) in [5, 5.41) is 0. The van der Waals surface area contributed by atoms with Gasteiger partial charge in [0.2, 0.25) is 5.91 Å². The highest BCUT2D eigenvalue weighted by molar-refractivity contribution is 6.05. The summed E-state index contributed by atoms with van der Waals surface area (Å²) in [7, 11) is 5.28. The van der Waals surface area contributed by atoms with Crippen molar-refractivity contribution in [1.29, 1.82) is 0 Å². The summed E-state index contributed by atoms with van der Waals surface area (Å²) >= 11 is 0. The van der Waals surface area contributed by atoms with E-state index in [1.54, 1.807) is 21.3 Å². The summed E-state index contributed by atoms with van der Waals surface area (Å²) < 4.78 is 31.6. The minimum atomic E-state index is -1.20. The summed E-state index contributed by atoms with van der Waals surface area (Å²) in [6, 6.07) is -0.381. The van der Waals surface area contributed by atoms with E-state index in [2.05, 4.69) is 0 Å². The van der Waals surface area contributed by atoms with Gasteiger partial charge in [0, 0.05) is 57.5 Å². The van der Waals surface area contributed by atoms with Crippen LogP contribution in [0.5, 0.6) is 0 Å². The molecule has 8 heteroatoms. The standard InChI is InChI=1S/C25H35NO7/c1-6-26-20-24-13-9-12-14(29-3)10-23(16(13)17(12)31-5)25(20,33-11-32-23)19(27)18(24)22(2,21(26)28)8-7-15(24)30-4/h12-18,20H,6-11H2,1-5H3/t12-,13-,14+,15+,16-,17+,18-,20+,22-,23-,24+,25+/m1/s1. The number of nitrogens with zero attached hydrogens (tertiary/aromatic N) is 1. The van der Waals surface area contributed by atoms with Crippen LogP contribution in [0.25, 0.3) is 0 Å². The number of hydrogen-bond donors (Lipinski definition) is 0. The second-order valence-corrected chi connectivity index (χ2v) is 11.7. The van der Waals surface area contributed by atoms with E-state index in [4.69, 9.17) is 23.7 Å². The van der Waals surface area contributed by atoms with Crippen molar-refractivity contribution in [1.82, 2.24) is 4.90 Å². The molecule has 5 saturated carbocycles. The van der Waals surface area contributed by atoms with E-state index in [1.165, 1.54) is 0 Å². The van der Waals surface area contributed by atoms with Gasteiger partial charge in [0.15, 0.2) is 11.4 Å². The molecule has 7 rings (SSSR count). The number of methoxy groups -OCH3 is 3. The molecule has 7 bridgehead atoms. The van der Waals surface area contributed by atoms with Crippen LogP contribution in [0.2, 0.25) is 0 Å². The zero-order valence-corrected chi connectivity index (χ0v) is 20.2. The Morgan fingerprint density at radius 1 is 1.12 bits per heavy atom. The first-order valence-corrected chi connectivity index (χ1v) is 12.6. The molecule has 2 aliphatic heterocycles. The molecule has 2 saturated heterocycles. The van der Waals surface area contributed by atoms with E-state index in [1.807, 2.05) is 18.7 Å². The highest BCUT2D eigenvalue weighted by Gasteiger charge is 2.94. The van der Waals surface area contributed by atoms with Gasteiger partial charge in [-0.1, -0.05) is 6.92 Å². The third-order valence-corrected chi connectivity index (χ3v) is 11.5. The first-order valence-electron chi connectivity index (χ1n) is 12.6. The molecule has 0 radical (unpaired) electrons. The van der Waals surface area contributed by atoms with Crippen LogP contribution in [-0.4, -0.2) is 86.8 Å². The van der Waals surface area contributed by atoms with E-state index < -0.39 is 27.9 Å². The van der Waals surface area contributed by atoms with Crippen molar-refractivity contribution in [2.75, 3.05) is 34.7 Å². The first kappa shape index (κ1) is 21.2. The van der Waals surface area contributed by atoms with Gasteiger partial charge in [0.1, 0.15) is 12.4 Å². The number of carbonyl (C=O) groups is 2. The van der Waals surface area contributed by atoms with Crippen LogP contribution in [0.4, 0.5) is 0 Å². The van der Waals surface area contributed by atoms with Crippen LogP contribution < -0.4 is 0 Å². The molecule has 5 aliphatic carbocycles. The van der Waals surface area contributed by atoms with Crippen molar-refractivity contribution in [2.24, 2.45) is 34.5 Å². The summed E-state index contributed by atoms with van der Waals surface area (Å²) in [6.45, 7) is 4.65.